The maximum Gasteiger partial charge on any atom is 0.231 e. The van der Waals surface area contributed by atoms with E-state index in [1.807, 2.05) is 30.3 Å². The molecule has 0 spiro atoms. The third-order valence-electron chi connectivity index (χ3n) is 3.49. The Morgan fingerprint density at radius 1 is 1.24 bits per heavy atom. The van der Waals surface area contributed by atoms with Gasteiger partial charge < -0.3 is 14.8 Å². The van der Waals surface area contributed by atoms with E-state index in [1.54, 1.807) is 0 Å². The summed E-state index contributed by atoms with van der Waals surface area (Å²) >= 11 is 9.60. The topological polar surface area (TPSA) is 30.5 Å². The van der Waals surface area contributed by atoms with Crippen LogP contribution >= 0.6 is 27.5 Å². The summed E-state index contributed by atoms with van der Waals surface area (Å²) in [5.74, 6) is 1.58. The minimum absolute atomic E-state index is 0.209. The Labute approximate surface area is 137 Å². The van der Waals surface area contributed by atoms with Gasteiger partial charge in [-0.2, -0.15) is 0 Å². The molecule has 3 nitrogen and oxygen atoms in total. The minimum atomic E-state index is 0.209. The van der Waals surface area contributed by atoms with Gasteiger partial charge in [-0.1, -0.05) is 39.7 Å². The Hall–Kier alpha value is -1.23. The zero-order chi connectivity index (χ0) is 14.8. The van der Waals surface area contributed by atoms with Crippen LogP contribution in [-0.4, -0.2) is 6.79 Å². The molecule has 1 N–H and O–H groups in total. The third-order valence-corrected chi connectivity index (χ3v) is 4.46. The van der Waals surface area contributed by atoms with Gasteiger partial charge in [0.1, 0.15) is 0 Å². The van der Waals surface area contributed by atoms with Gasteiger partial charge >= 0.3 is 0 Å². The van der Waals surface area contributed by atoms with Crippen LogP contribution in [0, 0.1) is 0 Å². The summed E-state index contributed by atoms with van der Waals surface area (Å²) in [6.07, 6.45) is 0. The first-order valence-electron chi connectivity index (χ1n) is 6.70. The van der Waals surface area contributed by atoms with Gasteiger partial charge in [-0.05, 0) is 42.3 Å². The van der Waals surface area contributed by atoms with E-state index >= 15 is 0 Å². The smallest absolute Gasteiger partial charge is 0.231 e. The van der Waals surface area contributed by atoms with Gasteiger partial charge in [-0.3, -0.25) is 0 Å². The van der Waals surface area contributed by atoms with Crippen molar-refractivity contribution in [3.63, 3.8) is 0 Å². The lowest BCUT2D eigenvalue weighted by molar-refractivity contribution is 0.174. The lowest BCUT2D eigenvalue weighted by Gasteiger charge is -2.15. The Morgan fingerprint density at radius 3 is 2.76 bits per heavy atom. The van der Waals surface area contributed by atoms with Crippen molar-refractivity contribution in [1.29, 1.82) is 0 Å². The molecule has 5 heteroatoms. The standard InChI is InChI=1S/C16H15BrClNO2/c1-10(11-3-2-4-13(18)5-11)19-8-12-6-15-16(7-14(12)17)21-9-20-15/h2-7,10,19H,8-9H2,1H3/t10-/m0/s1. The van der Waals surface area contributed by atoms with Crippen molar-refractivity contribution in [3.8, 4) is 11.5 Å². The van der Waals surface area contributed by atoms with Crippen LogP contribution in [0.3, 0.4) is 0 Å². The maximum absolute atomic E-state index is 6.03. The third kappa shape index (κ3) is 3.34. The molecule has 2 aromatic rings. The average Bonchev–Trinajstić information content (AvgIpc) is 2.91. The van der Waals surface area contributed by atoms with Crippen molar-refractivity contribution in [2.24, 2.45) is 0 Å². The molecule has 0 radical (unpaired) electrons. The van der Waals surface area contributed by atoms with E-state index in [2.05, 4.69) is 34.2 Å². The molecule has 110 valence electrons. The van der Waals surface area contributed by atoms with E-state index in [-0.39, 0.29) is 12.8 Å². The predicted octanol–water partition coefficient (Wildman–Crippen LogP) is 4.68. The zero-order valence-corrected chi connectivity index (χ0v) is 13.9. The lowest BCUT2D eigenvalue weighted by atomic mass is 10.1. The molecule has 0 aliphatic carbocycles. The SMILES string of the molecule is C[C@H](NCc1cc2c(cc1Br)OCO2)c1cccc(Cl)c1. The fourth-order valence-electron chi connectivity index (χ4n) is 2.25. The molecule has 0 saturated heterocycles. The lowest BCUT2D eigenvalue weighted by Crippen LogP contribution is -2.18. The fraction of sp³-hybridized carbons (Fsp3) is 0.250. The van der Waals surface area contributed by atoms with Crippen molar-refractivity contribution in [3.05, 3.63) is 57.0 Å². The van der Waals surface area contributed by atoms with Crippen LogP contribution in [0.15, 0.2) is 40.9 Å². The van der Waals surface area contributed by atoms with Crippen LogP contribution in [-0.2, 0) is 6.54 Å². The summed E-state index contributed by atoms with van der Waals surface area (Å²) in [6, 6.07) is 12.1. The Morgan fingerprint density at radius 2 is 2.00 bits per heavy atom. The van der Waals surface area contributed by atoms with Gasteiger partial charge in [0.2, 0.25) is 6.79 Å². The van der Waals surface area contributed by atoms with Crippen molar-refractivity contribution >= 4 is 27.5 Å². The van der Waals surface area contributed by atoms with Crippen molar-refractivity contribution < 1.29 is 9.47 Å². The second kappa shape index (κ2) is 6.26. The molecule has 0 saturated carbocycles. The molecule has 1 aliphatic heterocycles. The molecule has 3 rings (SSSR count). The highest BCUT2D eigenvalue weighted by atomic mass is 79.9. The maximum atomic E-state index is 6.03. The number of ether oxygens (including phenoxy) is 2. The Kier molecular flexibility index (Phi) is 4.38. The summed E-state index contributed by atoms with van der Waals surface area (Å²) in [6.45, 7) is 3.13. The second-order valence-corrected chi connectivity index (χ2v) is 6.25. The Balaban J connectivity index is 1.70. The van der Waals surface area contributed by atoms with Crippen LogP contribution in [0.25, 0.3) is 0 Å². The van der Waals surface area contributed by atoms with Gasteiger partial charge in [-0.15, -0.1) is 0 Å². The number of benzene rings is 2. The van der Waals surface area contributed by atoms with Crippen LogP contribution in [0.5, 0.6) is 11.5 Å². The van der Waals surface area contributed by atoms with Crippen molar-refractivity contribution in [1.82, 2.24) is 5.32 Å². The van der Waals surface area contributed by atoms with E-state index in [9.17, 15) is 0 Å². The first kappa shape index (κ1) is 14.7. The van der Waals surface area contributed by atoms with Crippen LogP contribution in [0.2, 0.25) is 5.02 Å². The molecule has 1 atom stereocenters. The molecular weight excluding hydrogens is 354 g/mol. The van der Waals surface area contributed by atoms with Crippen molar-refractivity contribution in [2.75, 3.05) is 6.79 Å². The predicted molar refractivity (Wildman–Crippen MR) is 87.0 cm³/mol. The molecule has 21 heavy (non-hydrogen) atoms. The van der Waals surface area contributed by atoms with Gasteiger partial charge in [0.05, 0.1) is 0 Å². The van der Waals surface area contributed by atoms with E-state index in [0.717, 1.165) is 33.1 Å². The van der Waals surface area contributed by atoms with Gasteiger partial charge in [-0.25, -0.2) is 0 Å². The van der Waals surface area contributed by atoms with E-state index in [1.165, 1.54) is 5.56 Å². The zero-order valence-electron chi connectivity index (χ0n) is 11.5. The molecular formula is C16H15BrClNO2. The van der Waals surface area contributed by atoms with Crippen molar-refractivity contribution in [2.45, 2.75) is 19.5 Å². The molecule has 1 aliphatic rings. The van der Waals surface area contributed by atoms with E-state index in [4.69, 9.17) is 21.1 Å². The Bertz CT molecular complexity index is 663. The van der Waals surface area contributed by atoms with Crippen LogP contribution in [0.1, 0.15) is 24.1 Å². The number of hydrogen-bond acceptors (Lipinski definition) is 3. The molecule has 0 unspecified atom stereocenters. The molecule has 1 heterocycles. The minimum Gasteiger partial charge on any atom is -0.454 e. The largest absolute Gasteiger partial charge is 0.454 e. The average molecular weight is 369 g/mol. The number of fused-ring (bicyclic) bond motifs is 1. The summed E-state index contributed by atoms with van der Waals surface area (Å²) in [7, 11) is 0. The molecule has 0 aromatic heterocycles. The number of halogens is 2. The summed E-state index contributed by atoms with van der Waals surface area (Å²) in [4.78, 5) is 0. The molecule has 2 aromatic carbocycles. The quantitative estimate of drug-likeness (QED) is 0.850. The first-order chi connectivity index (χ1) is 10.1. The van der Waals surface area contributed by atoms with E-state index < -0.39 is 0 Å². The molecule has 0 bridgehead atoms. The number of rotatable bonds is 4. The summed E-state index contributed by atoms with van der Waals surface area (Å²) in [5, 5.41) is 4.24. The number of hydrogen-bond donors (Lipinski definition) is 1. The van der Waals surface area contributed by atoms with Crippen LogP contribution < -0.4 is 14.8 Å². The molecule has 0 amide bonds. The monoisotopic (exact) mass is 367 g/mol. The summed E-state index contributed by atoms with van der Waals surface area (Å²) in [5.41, 5.74) is 2.30. The second-order valence-electron chi connectivity index (χ2n) is 4.95. The van der Waals surface area contributed by atoms with Gasteiger partial charge in [0, 0.05) is 22.1 Å². The first-order valence-corrected chi connectivity index (χ1v) is 7.87. The fourth-order valence-corrected chi connectivity index (χ4v) is 2.91. The highest BCUT2D eigenvalue weighted by Gasteiger charge is 2.16. The summed E-state index contributed by atoms with van der Waals surface area (Å²) < 4.78 is 11.8. The van der Waals surface area contributed by atoms with Gasteiger partial charge in [0.25, 0.3) is 0 Å². The highest BCUT2D eigenvalue weighted by Crippen LogP contribution is 2.37. The molecule has 0 fully saturated rings. The van der Waals surface area contributed by atoms with Gasteiger partial charge in [0.15, 0.2) is 11.5 Å². The van der Waals surface area contributed by atoms with Crippen LogP contribution in [0.4, 0.5) is 0 Å². The number of nitrogens with one attached hydrogen (secondary N) is 1. The normalized spacial score (nSPS) is 14.2. The van der Waals surface area contributed by atoms with E-state index in [0.29, 0.717) is 0 Å². The highest BCUT2D eigenvalue weighted by molar-refractivity contribution is 9.10.